The normalized spacial score (nSPS) is 12.0. The highest BCUT2D eigenvalue weighted by Gasteiger charge is 2.07. The third-order valence-corrected chi connectivity index (χ3v) is 3.18. The fourth-order valence-electron chi connectivity index (χ4n) is 1.21. The number of hydrogen-bond donors (Lipinski definition) is 1. The lowest BCUT2D eigenvalue weighted by Crippen LogP contribution is -2.36. The molecule has 0 aliphatic carbocycles. The second-order valence-corrected chi connectivity index (χ2v) is 6.29. The molecule has 0 aromatic carbocycles. The second kappa shape index (κ2) is 5.15. The average molecular weight is 232 g/mol. The molecule has 0 radical (unpaired) electrons. The molecule has 0 saturated carbocycles. The highest BCUT2D eigenvalue weighted by Crippen LogP contribution is 2.22. The van der Waals surface area contributed by atoms with Gasteiger partial charge in [0.05, 0.1) is 4.34 Å². The van der Waals surface area contributed by atoms with Crippen molar-refractivity contribution in [3.8, 4) is 0 Å². The highest BCUT2D eigenvalue weighted by atomic mass is 35.5. The second-order valence-electron chi connectivity index (χ2n) is 4.49. The van der Waals surface area contributed by atoms with E-state index in [1.54, 1.807) is 11.3 Å². The van der Waals surface area contributed by atoms with Gasteiger partial charge in [0, 0.05) is 10.4 Å². The van der Waals surface area contributed by atoms with Gasteiger partial charge in [-0.2, -0.15) is 0 Å². The van der Waals surface area contributed by atoms with Gasteiger partial charge in [0.2, 0.25) is 0 Å². The predicted octanol–water partition coefficient (Wildman–Crippen LogP) is 3.72. The Balaban J connectivity index is 2.16. The van der Waals surface area contributed by atoms with Crippen molar-refractivity contribution in [1.82, 2.24) is 5.32 Å². The van der Waals surface area contributed by atoms with Crippen LogP contribution in [-0.2, 0) is 6.42 Å². The van der Waals surface area contributed by atoms with Crippen LogP contribution in [0, 0.1) is 0 Å². The summed E-state index contributed by atoms with van der Waals surface area (Å²) in [5, 5.41) is 3.47. The molecule has 1 aromatic heterocycles. The summed E-state index contributed by atoms with van der Waals surface area (Å²) in [7, 11) is 0. The summed E-state index contributed by atoms with van der Waals surface area (Å²) in [6.45, 7) is 7.64. The summed E-state index contributed by atoms with van der Waals surface area (Å²) in [6.07, 6.45) is 2.30. The maximum atomic E-state index is 5.85. The molecule has 0 unspecified atom stereocenters. The van der Waals surface area contributed by atoms with Crippen molar-refractivity contribution in [3.63, 3.8) is 0 Å². The first-order valence-electron chi connectivity index (χ1n) is 4.97. The van der Waals surface area contributed by atoms with Crippen LogP contribution in [0.3, 0.4) is 0 Å². The molecule has 80 valence electrons. The molecule has 0 amide bonds. The molecule has 1 rings (SSSR count). The van der Waals surface area contributed by atoms with Gasteiger partial charge in [-0.05, 0) is 52.3 Å². The van der Waals surface area contributed by atoms with E-state index < -0.39 is 0 Å². The molecular weight excluding hydrogens is 214 g/mol. The minimum atomic E-state index is 0.229. The van der Waals surface area contributed by atoms with Crippen molar-refractivity contribution in [2.24, 2.45) is 0 Å². The van der Waals surface area contributed by atoms with Crippen molar-refractivity contribution in [3.05, 3.63) is 21.3 Å². The van der Waals surface area contributed by atoms with Crippen LogP contribution in [0.2, 0.25) is 4.34 Å². The van der Waals surface area contributed by atoms with E-state index in [9.17, 15) is 0 Å². The SMILES string of the molecule is CC(C)(C)NCCCc1ccc(Cl)s1. The van der Waals surface area contributed by atoms with E-state index >= 15 is 0 Å². The first kappa shape index (κ1) is 12.0. The van der Waals surface area contributed by atoms with Gasteiger partial charge in [-0.25, -0.2) is 0 Å². The van der Waals surface area contributed by atoms with Crippen molar-refractivity contribution >= 4 is 22.9 Å². The molecular formula is C11H18ClNS. The van der Waals surface area contributed by atoms with Gasteiger partial charge in [-0.15, -0.1) is 11.3 Å². The largest absolute Gasteiger partial charge is 0.312 e. The zero-order valence-electron chi connectivity index (χ0n) is 9.06. The Bertz CT molecular complexity index is 275. The Morgan fingerprint density at radius 3 is 2.57 bits per heavy atom. The fourth-order valence-corrected chi connectivity index (χ4v) is 2.34. The summed E-state index contributed by atoms with van der Waals surface area (Å²) < 4.78 is 0.892. The Labute approximate surface area is 95.5 Å². The van der Waals surface area contributed by atoms with E-state index in [-0.39, 0.29) is 5.54 Å². The number of rotatable bonds is 4. The summed E-state index contributed by atoms with van der Waals surface area (Å²) in [5.41, 5.74) is 0.229. The van der Waals surface area contributed by atoms with Gasteiger partial charge in [0.1, 0.15) is 0 Å². The molecule has 0 fully saturated rings. The molecule has 1 nitrogen and oxygen atoms in total. The number of nitrogens with one attached hydrogen (secondary N) is 1. The molecule has 14 heavy (non-hydrogen) atoms. The number of halogens is 1. The van der Waals surface area contributed by atoms with Crippen LogP contribution in [-0.4, -0.2) is 12.1 Å². The minimum Gasteiger partial charge on any atom is -0.312 e. The lowest BCUT2D eigenvalue weighted by atomic mass is 10.1. The topological polar surface area (TPSA) is 12.0 Å². The molecule has 0 spiro atoms. The Hall–Kier alpha value is -0.0500. The third-order valence-electron chi connectivity index (χ3n) is 1.88. The summed E-state index contributed by atoms with van der Waals surface area (Å²) >= 11 is 7.53. The van der Waals surface area contributed by atoms with E-state index in [0.29, 0.717) is 0 Å². The molecule has 1 aromatic rings. The van der Waals surface area contributed by atoms with Crippen molar-refractivity contribution in [2.75, 3.05) is 6.54 Å². The van der Waals surface area contributed by atoms with Gasteiger partial charge in [0.25, 0.3) is 0 Å². The third kappa shape index (κ3) is 4.99. The predicted molar refractivity (Wildman–Crippen MR) is 65.4 cm³/mol. The van der Waals surface area contributed by atoms with Crippen molar-refractivity contribution in [1.29, 1.82) is 0 Å². The van der Waals surface area contributed by atoms with Gasteiger partial charge in [-0.1, -0.05) is 11.6 Å². The van der Waals surface area contributed by atoms with Crippen LogP contribution < -0.4 is 5.32 Å². The molecule has 0 aliphatic rings. The molecule has 3 heteroatoms. The van der Waals surface area contributed by atoms with E-state index in [1.165, 1.54) is 11.3 Å². The molecule has 1 heterocycles. The molecule has 1 N–H and O–H groups in total. The van der Waals surface area contributed by atoms with Gasteiger partial charge in [-0.3, -0.25) is 0 Å². The van der Waals surface area contributed by atoms with Crippen LogP contribution in [0.4, 0.5) is 0 Å². The van der Waals surface area contributed by atoms with Gasteiger partial charge < -0.3 is 5.32 Å². The first-order valence-corrected chi connectivity index (χ1v) is 6.16. The van der Waals surface area contributed by atoms with Crippen LogP contribution in [0.25, 0.3) is 0 Å². The molecule has 0 atom stereocenters. The minimum absolute atomic E-state index is 0.229. The monoisotopic (exact) mass is 231 g/mol. The Morgan fingerprint density at radius 1 is 1.36 bits per heavy atom. The quantitative estimate of drug-likeness (QED) is 0.779. The molecule has 0 aliphatic heterocycles. The summed E-state index contributed by atoms with van der Waals surface area (Å²) in [6, 6.07) is 4.09. The maximum absolute atomic E-state index is 5.85. The van der Waals surface area contributed by atoms with Crippen molar-refractivity contribution in [2.45, 2.75) is 39.2 Å². The average Bonchev–Trinajstić information content (AvgIpc) is 2.44. The number of aryl methyl sites for hydroxylation is 1. The number of hydrogen-bond acceptors (Lipinski definition) is 2. The Morgan fingerprint density at radius 2 is 2.07 bits per heavy atom. The first-order chi connectivity index (χ1) is 6.47. The van der Waals surface area contributed by atoms with E-state index in [2.05, 4.69) is 32.2 Å². The zero-order valence-corrected chi connectivity index (χ0v) is 10.6. The zero-order chi connectivity index (χ0) is 10.6. The van der Waals surface area contributed by atoms with E-state index in [4.69, 9.17) is 11.6 Å². The van der Waals surface area contributed by atoms with E-state index in [0.717, 1.165) is 17.3 Å². The van der Waals surface area contributed by atoms with Gasteiger partial charge >= 0.3 is 0 Å². The summed E-state index contributed by atoms with van der Waals surface area (Å²) in [5.74, 6) is 0. The smallest absolute Gasteiger partial charge is 0.0931 e. The van der Waals surface area contributed by atoms with E-state index in [1.807, 2.05) is 6.07 Å². The Kier molecular flexibility index (Phi) is 4.42. The molecule has 0 saturated heterocycles. The summed E-state index contributed by atoms with van der Waals surface area (Å²) in [4.78, 5) is 1.38. The van der Waals surface area contributed by atoms with Crippen molar-refractivity contribution < 1.29 is 0 Å². The maximum Gasteiger partial charge on any atom is 0.0931 e. The lowest BCUT2D eigenvalue weighted by Gasteiger charge is -2.20. The van der Waals surface area contributed by atoms with Gasteiger partial charge in [0.15, 0.2) is 0 Å². The van der Waals surface area contributed by atoms with Crippen LogP contribution in [0.5, 0.6) is 0 Å². The van der Waals surface area contributed by atoms with Crippen LogP contribution >= 0.6 is 22.9 Å². The number of thiophene rings is 1. The van der Waals surface area contributed by atoms with Crippen LogP contribution in [0.15, 0.2) is 12.1 Å². The molecule has 0 bridgehead atoms. The highest BCUT2D eigenvalue weighted by molar-refractivity contribution is 7.16. The standard InChI is InChI=1S/C11H18ClNS/c1-11(2,3)13-8-4-5-9-6-7-10(12)14-9/h6-7,13H,4-5,8H2,1-3H3. The lowest BCUT2D eigenvalue weighted by molar-refractivity contribution is 0.422. The fraction of sp³-hybridized carbons (Fsp3) is 0.636. The van der Waals surface area contributed by atoms with Crippen LogP contribution in [0.1, 0.15) is 32.1 Å².